The molecule has 0 aliphatic heterocycles. The number of terminal acetylenes is 1. The lowest BCUT2D eigenvalue weighted by Crippen LogP contribution is -2.16. The molecule has 0 aliphatic carbocycles. The Kier molecular flexibility index (Phi) is 5.01. The van der Waals surface area contributed by atoms with Gasteiger partial charge in [-0.3, -0.25) is 9.59 Å². The van der Waals surface area contributed by atoms with Crippen molar-refractivity contribution in [3.63, 3.8) is 0 Å². The third-order valence-electron chi connectivity index (χ3n) is 3.87. The molecular formula is C20H16N2O3S. The van der Waals surface area contributed by atoms with Gasteiger partial charge >= 0.3 is 0 Å². The van der Waals surface area contributed by atoms with E-state index in [0.29, 0.717) is 22.5 Å². The summed E-state index contributed by atoms with van der Waals surface area (Å²) in [5.41, 5.74) is 1.86. The lowest BCUT2D eigenvalue weighted by atomic mass is 10.1. The summed E-state index contributed by atoms with van der Waals surface area (Å²) in [6.07, 6.45) is 5.47. The van der Waals surface area contributed by atoms with Gasteiger partial charge in [-0.15, -0.1) is 6.42 Å². The molecule has 0 saturated carbocycles. The number of amides is 1. The largest absolute Gasteiger partial charge is 0.497 e. The van der Waals surface area contributed by atoms with Gasteiger partial charge in [0.2, 0.25) is 0 Å². The van der Waals surface area contributed by atoms with E-state index in [4.69, 9.17) is 11.2 Å². The van der Waals surface area contributed by atoms with E-state index < -0.39 is 0 Å². The second kappa shape index (κ2) is 7.38. The Hall–Kier alpha value is -3.17. The highest BCUT2D eigenvalue weighted by Crippen LogP contribution is 2.23. The summed E-state index contributed by atoms with van der Waals surface area (Å²) in [7, 11) is 1.60. The minimum Gasteiger partial charge on any atom is -0.497 e. The van der Waals surface area contributed by atoms with E-state index in [1.54, 1.807) is 31.4 Å². The summed E-state index contributed by atoms with van der Waals surface area (Å²) in [4.78, 5) is 28.6. The number of nitrogens with zero attached hydrogens (tertiary/aromatic N) is 2. The van der Waals surface area contributed by atoms with Crippen molar-refractivity contribution >= 4 is 33.2 Å². The van der Waals surface area contributed by atoms with Gasteiger partial charge < -0.3 is 9.30 Å². The molecule has 3 rings (SSSR count). The Morgan fingerprint density at radius 2 is 1.88 bits per heavy atom. The first-order valence-electron chi connectivity index (χ1n) is 7.84. The quantitative estimate of drug-likeness (QED) is 0.527. The predicted molar refractivity (Wildman–Crippen MR) is 102 cm³/mol. The molecule has 0 atom stereocenters. The monoisotopic (exact) mass is 364 g/mol. The van der Waals surface area contributed by atoms with Crippen molar-refractivity contribution in [3.05, 3.63) is 58.4 Å². The molecule has 0 fully saturated rings. The lowest BCUT2D eigenvalue weighted by Gasteiger charge is -2.02. The zero-order valence-corrected chi connectivity index (χ0v) is 15.2. The van der Waals surface area contributed by atoms with Crippen LogP contribution in [-0.4, -0.2) is 23.4 Å². The number of ether oxygens (including phenoxy) is 1. The number of Topliss-reactive ketones (excluding diaryl/α,β-unsaturated/α-hetero) is 1. The first-order chi connectivity index (χ1) is 12.5. The summed E-state index contributed by atoms with van der Waals surface area (Å²) < 4.78 is 7.99. The third-order valence-corrected chi connectivity index (χ3v) is 4.92. The average molecular weight is 364 g/mol. The molecular weight excluding hydrogens is 348 g/mol. The van der Waals surface area contributed by atoms with Crippen molar-refractivity contribution in [2.45, 2.75) is 13.5 Å². The van der Waals surface area contributed by atoms with Crippen molar-refractivity contribution in [1.29, 1.82) is 0 Å². The van der Waals surface area contributed by atoms with Crippen LogP contribution in [0.1, 0.15) is 27.6 Å². The maximum absolute atomic E-state index is 12.5. The summed E-state index contributed by atoms with van der Waals surface area (Å²) in [5.74, 6) is 2.89. The van der Waals surface area contributed by atoms with E-state index in [2.05, 4.69) is 10.9 Å². The lowest BCUT2D eigenvalue weighted by molar-refractivity contribution is 0.0991. The topological polar surface area (TPSA) is 60.7 Å². The first-order valence-corrected chi connectivity index (χ1v) is 8.66. The van der Waals surface area contributed by atoms with E-state index >= 15 is 0 Å². The highest BCUT2D eigenvalue weighted by atomic mass is 32.1. The zero-order chi connectivity index (χ0) is 18.7. The van der Waals surface area contributed by atoms with E-state index in [1.165, 1.54) is 18.3 Å². The van der Waals surface area contributed by atoms with Gasteiger partial charge in [0.05, 0.1) is 23.9 Å². The van der Waals surface area contributed by atoms with Gasteiger partial charge in [-0.2, -0.15) is 4.99 Å². The van der Waals surface area contributed by atoms with Gasteiger partial charge in [0.1, 0.15) is 5.75 Å². The Balaban J connectivity index is 2.07. The molecule has 1 amide bonds. The Bertz CT molecular complexity index is 1100. The fourth-order valence-electron chi connectivity index (χ4n) is 2.51. The van der Waals surface area contributed by atoms with Crippen molar-refractivity contribution in [2.24, 2.45) is 4.99 Å². The summed E-state index contributed by atoms with van der Waals surface area (Å²) in [6, 6.07) is 12.1. The number of aromatic nitrogens is 1. The molecule has 0 N–H and O–H groups in total. The molecule has 0 aliphatic rings. The van der Waals surface area contributed by atoms with Gasteiger partial charge in [-0.1, -0.05) is 29.4 Å². The highest BCUT2D eigenvalue weighted by molar-refractivity contribution is 7.16. The number of rotatable bonds is 4. The maximum Gasteiger partial charge on any atom is 0.279 e. The molecule has 6 heteroatoms. The number of hydrogen-bond acceptors (Lipinski definition) is 4. The van der Waals surface area contributed by atoms with Crippen LogP contribution in [0.3, 0.4) is 0 Å². The number of ketones is 1. The molecule has 0 radical (unpaired) electrons. The fourth-order valence-corrected chi connectivity index (χ4v) is 3.57. The highest BCUT2D eigenvalue weighted by Gasteiger charge is 2.10. The standard InChI is InChI=1S/C20H16N2O3S/c1-4-11-22-17-10-9-16(25-3)12-18(17)26-20(22)21-19(24)15-7-5-14(6-8-15)13(2)23/h1,5-10,12H,11H2,2-3H3. The number of carbonyl (C=O) groups excluding carboxylic acids is 2. The molecule has 0 spiro atoms. The predicted octanol–water partition coefficient (Wildman–Crippen LogP) is 3.29. The fraction of sp³-hybridized carbons (Fsp3) is 0.150. The molecule has 2 aromatic carbocycles. The van der Waals surface area contributed by atoms with Crippen LogP contribution in [0.25, 0.3) is 10.2 Å². The van der Waals surface area contributed by atoms with E-state index in [0.717, 1.165) is 16.0 Å². The van der Waals surface area contributed by atoms with E-state index in [9.17, 15) is 9.59 Å². The van der Waals surface area contributed by atoms with Crippen LogP contribution in [0.2, 0.25) is 0 Å². The van der Waals surface area contributed by atoms with Crippen LogP contribution >= 0.6 is 11.3 Å². The van der Waals surface area contributed by atoms with E-state index in [1.807, 2.05) is 22.8 Å². The smallest absolute Gasteiger partial charge is 0.279 e. The molecule has 5 nitrogen and oxygen atoms in total. The molecule has 0 unspecified atom stereocenters. The third kappa shape index (κ3) is 3.44. The number of methoxy groups -OCH3 is 1. The number of fused-ring (bicyclic) bond motifs is 1. The SMILES string of the molecule is C#CCn1c(=NC(=O)c2ccc(C(C)=O)cc2)sc2cc(OC)ccc21. The number of thiazole rings is 1. The maximum atomic E-state index is 12.5. The molecule has 3 aromatic rings. The summed E-state index contributed by atoms with van der Waals surface area (Å²) >= 11 is 1.37. The van der Waals surface area contributed by atoms with Crippen LogP contribution < -0.4 is 9.54 Å². The minimum absolute atomic E-state index is 0.0498. The molecule has 0 bridgehead atoms. The van der Waals surface area contributed by atoms with Crippen molar-refractivity contribution < 1.29 is 14.3 Å². The Labute approximate surface area is 154 Å². The number of carbonyl (C=O) groups is 2. The van der Waals surface area contributed by atoms with Crippen molar-refractivity contribution in [1.82, 2.24) is 4.57 Å². The number of benzene rings is 2. The Morgan fingerprint density at radius 1 is 1.19 bits per heavy atom. The average Bonchev–Trinajstić information content (AvgIpc) is 2.98. The van der Waals surface area contributed by atoms with Gasteiger partial charge in [0.25, 0.3) is 5.91 Å². The molecule has 130 valence electrons. The van der Waals surface area contributed by atoms with Crippen LogP contribution in [0.5, 0.6) is 5.75 Å². The van der Waals surface area contributed by atoms with E-state index in [-0.39, 0.29) is 11.7 Å². The van der Waals surface area contributed by atoms with Gasteiger partial charge in [0.15, 0.2) is 10.6 Å². The van der Waals surface area contributed by atoms with Gasteiger partial charge in [-0.25, -0.2) is 0 Å². The molecule has 1 aromatic heterocycles. The molecule has 0 saturated heterocycles. The van der Waals surface area contributed by atoms with Crippen LogP contribution in [0.15, 0.2) is 47.5 Å². The van der Waals surface area contributed by atoms with Gasteiger partial charge in [0, 0.05) is 11.1 Å². The normalized spacial score (nSPS) is 11.3. The van der Waals surface area contributed by atoms with Crippen LogP contribution in [0.4, 0.5) is 0 Å². The summed E-state index contributed by atoms with van der Waals surface area (Å²) in [6.45, 7) is 1.79. The Morgan fingerprint density at radius 3 is 2.50 bits per heavy atom. The van der Waals surface area contributed by atoms with Crippen molar-refractivity contribution in [2.75, 3.05) is 7.11 Å². The van der Waals surface area contributed by atoms with Crippen molar-refractivity contribution in [3.8, 4) is 18.1 Å². The molecule has 1 heterocycles. The zero-order valence-electron chi connectivity index (χ0n) is 14.4. The first kappa shape index (κ1) is 17.6. The van der Waals surface area contributed by atoms with Crippen LogP contribution in [-0.2, 0) is 6.54 Å². The van der Waals surface area contributed by atoms with Gasteiger partial charge in [-0.05, 0) is 37.3 Å². The molecule has 26 heavy (non-hydrogen) atoms. The number of hydrogen-bond donors (Lipinski definition) is 0. The summed E-state index contributed by atoms with van der Waals surface area (Å²) in [5, 5.41) is 0. The second-order valence-corrected chi connectivity index (χ2v) is 6.57. The minimum atomic E-state index is -0.385. The second-order valence-electron chi connectivity index (χ2n) is 5.56. The van der Waals surface area contributed by atoms with Crippen LogP contribution in [0, 0.1) is 12.3 Å².